The molecule has 0 atom stereocenters. The fourth-order valence-electron chi connectivity index (χ4n) is 1.70. The molecular weight excluding hydrogens is 225 g/mol. The molecule has 0 bridgehead atoms. The number of H-pyrrole nitrogens is 1. The topological polar surface area (TPSA) is 33.6 Å². The SMILES string of the molecule is CCc1n[nH]c(=S)n1-c1c(C)cccc1F. The molecular formula is C11H12FN3S. The molecule has 16 heavy (non-hydrogen) atoms. The molecule has 1 aromatic carbocycles. The van der Waals surface area contributed by atoms with E-state index < -0.39 is 0 Å². The monoisotopic (exact) mass is 237 g/mol. The maximum atomic E-state index is 13.8. The lowest BCUT2D eigenvalue weighted by atomic mass is 10.2. The van der Waals surface area contributed by atoms with Crippen molar-refractivity contribution in [2.75, 3.05) is 0 Å². The standard InChI is InChI=1S/C11H12FN3S/c1-3-9-13-14-11(16)15(9)10-7(2)5-4-6-8(10)12/h4-6H,3H2,1-2H3,(H,14,16). The van der Waals surface area contributed by atoms with Crippen LogP contribution in [0.3, 0.4) is 0 Å². The van der Waals surface area contributed by atoms with Gasteiger partial charge < -0.3 is 0 Å². The van der Waals surface area contributed by atoms with Crippen molar-refractivity contribution >= 4 is 12.2 Å². The zero-order valence-corrected chi connectivity index (χ0v) is 9.94. The molecule has 0 radical (unpaired) electrons. The second-order valence-electron chi connectivity index (χ2n) is 3.54. The van der Waals surface area contributed by atoms with Gasteiger partial charge in [-0.25, -0.2) is 4.39 Å². The molecule has 2 rings (SSSR count). The van der Waals surface area contributed by atoms with Crippen LogP contribution in [0.5, 0.6) is 0 Å². The van der Waals surface area contributed by atoms with Crippen molar-refractivity contribution in [2.45, 2.75) is 20.3 Å². The Hall–Kier alpha value is -1.49. The Labute approximate surface area is 97.9 Å². The van der Waals surface area contributed by atoms with Crippen molar-refractivity contribution in [2.24, 2.45) is 0 Å². The van der Waals surface area contributed by atoms with E-state index in [1.807, 2.05) is 19.9 Å². The van der Waals surface area contributed by atoms with E-state index in [-0.39, 0.29) is 5.82 Å². The third-order valence-electron chi connectivity index (χ3n) is 2.47. The molecule has 0 unspecified atom stereocenters. The maximum Gasteiger partial charge on any atom is 0.199 e. The summed E-state index contributed by atoms with van der Waals surface area (Å²) in [6, 6.07) is 4.96. The van der Waals surface area contributed by atoms with Crippen molar-refractivity contribution in [3.8, 4) is 5.69 Å². The molecule has 3 nitrogen and oxygen atoms in total. The van der Waals surface area contributed by atoms with Crippen LogP contribution in [-0.2, 0) is 6.42 Å². The number of para-hydroxylation sites is 1. The largest absolute Gasteiger partial charge is 0.269 e. The Bertz CT molecular complexity index is 551. The number of nitrogens with zero attached hydrogens (tertiary/aromatic N) is 2. The van der Waals surface area contributed by atoms with Crippen molar-refractivity contribution < 1.29 is 4.39 Å². The van der Waals surface area contributed by atoms with E-state index >= 15 is 0 Å². The van der Waals surface area contributed by atoms with Crippen LogP contribution in [0.15, 0.2) is 18.2 Å². The molecule has 0 saturated heterocycles. The van der Waals surface area contributed by atoms with Crippen LogP contribution in [0.4, 0.5) is 4.39 Å². The highest BCUT2D eigenvalue weighted by molar-refractivity contribution is 7.71. The molecule has 0 aliphatic carbocycles. The van der Waals surface area contributed by atoms with Crippen LogP contribution < -0.4 is 0 Å². The summed E-state index contributed by atoms with van der Waals surface area (Å²) in [5.41, 5.74) is 1.32. The van der Waals surface area contributed by atoms with Gasteiger partial charge in [0.25, 0.3) is 0 Å². The first-order chi connectivity index (χ1) is 7.65. The summed E-state index contributed by atoms with van der Waals surface area (Å²) in [7, 11) is 0. The average molecular weight is 237 g/mol. The number of rotatable bonds is 2. The van der Waals surface area contributed by atoms with Gasteiger partial charge in [0.1, 0.15) is 11.6 Å². The van der Waals surface area contributed by atoms with Gasteiger partial charge in [-0.3, -0.25) is 9.67 Å². The molecule has 0 saturated carbocycles. The summed E-state index contributed by atoms with van der Waals surface area (Å²) in [6.45, 7) is 3.81. The fraction of sp³-hybridized carbons (Fsp3) is 0.273. The minimum atomic E-state index is -0.285. The van der Waals surface area contributed by atoms with Crippen LogP contribution in [-0.4, -0.2) is 14.8 Å². The summed E-state index contributed by atoms with van der Waals surface area (Å²) >= 11 is 5.12. The summed E-state index contributed by atoms with van der Waals surface area (Å²) in [4.78, 5) is 0. The van der Waals surface area contributed by atoms with Gasteiger partial charge >= 0.3 is 0 Å². The number of aromatic nitrogens is 3. The molecule has 0 aliphatic rings. The van der Waals surface area contributed by atoms with Gasteiger partial charge in [-0.15, -0.1) is 0 Å². The molecule has 1 aromatic heterocycles. The molecule has 0 spiro atoms. The number of benzene rings is 1. The maximum absolute atomic E-state index is 13.8. The molecule has 0 aliphatic heterocycles. The van der Waals surface area contributed by atoms with Crippen LogP contribution >= 0.6 is 12.2 Å². The zero-order chi connectivity index (χ0) is 11.7. The van der Waals surface area contributed by atoms with Gasteiger partial charge in [0.05, 0.1) is 5.69 Å². The lowest BCUT2D eigenvalue weighted by molar-refractivity contribution is 0.613. The van der Waals surface area contributed by atoms with E-state index in [0.717, 1.165) is 11.4 Å². The highest BCUT2D eigenvalue weighted by Gasteiger charge is 2.12. The summed E-state index contributed by atoms with van der Waals surface area (Å²) in [5, 5.41) is 6.76. The van der Waals surface area contributed by atoms with E-state index in [1.165, 1.54) is 6.07 Å². The van der Waals surface area contributed by atoms with E-state index in [1.54, 1.807) is 10.6 Å². The highest BCUT2D eigenvalue weighted by Crippen LogP contribution is 2.19. The van der Waals surface area contributed by atoms with Gasteiger partial charge in [-0.05, 0) is 30.8 Å². The van der Waals surface area contributed by atoms with E-state index in [2.05, 4.69) is 10.2 Å². The van der Waals surface area contributed by atoms with Gasteiger partial charge in [0.15, 0.2) is 4.77 Å². The molecule has 0 amide bonds. The molecule has 1 heterocycles. The third-order valence-corrected chi connectivity index (χ3v) is 2.74. The summed E-state index contributed by atoms with van der Waals surface area (Å²) in [6.07, 6.45) is 0.695. The van der Waals surface area contributed by atoms with E-state index in [4.69, 9.17) is 12.2 Å². The highest BCUT2D eigenvalue weighted by atomic mass is 32.1. The second kappa shape index (κ2) is 4.17. The number of nitrogens with one attached hydrogen (secondary N) is 1. The molecule has 5 heteroatoms. The van der Waals surface area contributed by atoms with Crippen LogP contribution in [0.1, 0.15) is 18.3 Å². The van der Waals surface area contributed by atoms with Crippen molar-refractivity contribution in [1.29, 1.82) is 0 Å². The normalized spacial score (nSPS) is 10.7. The van der Waals surface area contributed by atoms with Crippen molar-refractivity contribution in [3.63, 3.8) is 0 Å². The zero-order valence-electron chi connectivity index (χ0n) is 9.12. The van der Waals surface area contributed by atoms with Crippen LogP contribution in [0.2, 0.25) is 0 Å². The Balaban J connectivity index is 2.76. The number of halogens is 1. The van der Waals surface area contributed by atoms with E-state index in [9.17, 15) is 4.39 Å². The predicted octanol–water partition coefficient (Wildman–Crippen LogP) is 2.94. The van der Waals surface area contributed by atoms with Crippen LogP contribution in [0.25, 0.3) is 5.69 Å². The average Bonchev–Trinajstić information content (AvgIpc) is 2.60. The van der Waals surface area contributed by atoms with E-state index in [0.29, 0.717) is 16.9 Å². The molecule has 1 N–H and O–H groups in total. The van der Waals surface area contributed by atoms with Gasteiger partial charge in [-0.1, -0.05) is 19.1 Å². The molecule has 2 aromatic rings. The number of hydrogen-bond donors (Lipinski definition) is 1. The minimum Gasteiger partial charge on any atom is -0.269 e. The predicted molar refractivity (Wildman–Crippen MR) is 62.8 cm³/mol. The molecule has 0 fully saturated rings. The fourth-order valence-corrected chi connectivity index (χ4v) is 1.95. The smallest absolute Gasteiger partial charge is 0.199 e. The third kappa shape index (κ3) is 1.67. The first-order valence-corrected chi connectivity index (χ1v) is 5.47. The van der Waals surface area contributed by atoms with Crippen molar-refractivity contribution in [1.82, 2.24) is 14.8 Å². The summed E-state index contributed by atoms with van der Waals surface area (Å²) in [5.74, 6) is 0.449. The molecule has 84 valence electrons. The summed E-state index contributed by atoms with van der Waals surface area (Å²) < 4.78 is 15.9. The Morgan fingerprint density at radius 1 is 1.50 bits per heavy atom. The first kappa shape index (κ1) is 11.0. The quantitative estimate of drug-likeness (QED) is 0.815. The Kier molecular flexibility index (Phi) is 2.87. The lowest BCUT2D eigenvalue weighted by Crippen LogP contribution is -2.05. The van der Waals surface area contributed by atoms with Crippen molar-refractivity contribution in [3.05, 3.63) is 40.2 Å². The van der Waals surface area contributed by atoms with Gasteiger partial charge in [0.2, 0.25) is 0 Å². The number of hydrogen-bond acceptors (Lipinski definition) is 2. The second-order valence-corrected chi connectivity index (χ2v) is 3.93. The number of aryl methyl sites for hydroxylation is 2. The Morgan fingerprint density at radius 3 is 2.88 bits per heavy atom. The van der Waals surface area contributed by atoms with Gasteiger partial charge in [-0.2, -0.15) is 5.10 Å². The van der Waals surface area contributed by atoms with Crippen LogP contribution in [0, 0.1) is 17.5 Å². The Morgan fingerprint density at radius 2 is 2.25 bits per heavy atom. The first-order valence-electron chi connectivity index (χ1n) is 5.07. The lowest BCUT2D eigenvalue weighted by Gasteiger charge is -2.09. The minimum absolute atomic E-state index is 0.285. The number of aromatic amines is 1. The van der Waals surface area contributed by atoms with Gasteiger partial charge in [0, 0.05) is 6.42 Å².